The normalized spacial score (nSPS) is 16.9. The lowest BCUT2D eigenvalue weighted by Gasteiger charge is -1.93. The lowest BCUT2D eigenvalue weighted by molar-refractivity contribution is 0.912. The van der Waals surface area contributed by atoms with Gasteiger partial charge in [-0.05, 0) is 43.0 Å². The number of rotatable bonds is 0. The second-order valence-electron chi connectivity index (χ2n) is 3.77. The van der Waals surface area contributed by atoms with Crippen LogP contribution >= 0.6 is 0 Å². The van der Waals surface area contributed by atoms with Gasteiger partial charge in [0.15, 0.2) is 0 Å². The molecule has 1 aliphatic carbocycles. The molecule has 3 rings (SSSR count). The molecule has 2 aliphatic rings. The molecule has 0 amide bonds. The van der Waals surface area contributed by atoms with Crippen LogP contribution in [0.15, 0.2) is 36.5 Å². The van der Waals surface area contributed by atoms with Gasteiger partial charge in [0, 0.05) is 6.54 Å². The molecule has 1 aliphatic heterocycles. The molecule has 1 nitrogen and oxygen atoms in total. The highest BCUT2D eigenvalue weighted by Gasteiger charge is 2.07. The maximum atomic E-state index is 3.04. The predicted octanol–water partition coefficient (Wildman–Crippen LogP) is 2.67. The molecule has 1 N–H and O–H groups in total. The number of fused-ring (bicyclic) bond motifs is 1. The second-order valence-corrected chi connectivity index (χ2v) is 3.77. The molecule has 74 valence electrons. The highest BCUT2D eigenvalue weighted by Crippen LogP contribution is 2.20. The van der Waals surface area contributed by atoms with Crippen molar-refractivity contribution < 1.29 is 0 Å². The van der Waals surface area contributed by atoms with E-state index in [0.717, 1.165) is 6.54 Å². The molecule has 0 radical (unpaired) electrons. The van der Waals surface area contributed by atoms with Crippen LogP contribution in [0, 0.1) is 0 Å². The van der Waals surface area contributed by atoms with E-state index in [0.29, 0.717) is 0 Å². The van der Waals surface area contributed by atoms with Crippen molar-refractivity contribution in [2.75, 3.05) is 6.54 Å². The van der Waals surface area contributed by atoms with Crippen LogP contribution in [0.2, 0.25) is 0 Å². The van der Waals surface area contributed by atoms with Crippen LogP contribution in [0.3, 0.4) is 0 Å². The van der Waals surface area contributed by atoms with E-state index >= 15 is 0 Å². The Bertz CT molecular complexity index is 286. The van der Waals surface area contributed by atoms with Crippen LogP contribution < -0.4 is 5.32 Å². The summed E-state index contributed by atoms with van der Waals surface area (Å²) < 4.78 is 0. The SMILES string of the molecule is C1=CNCC1.c1ccc2c(c1)CCC2. The maximum absolute atomic E-state index is 3.04. The summed E-state index contributed by atoms with van der Waals surface area (Å²) in [4.78, 5) is 0. The third-order valence-corrected chi connectivity index (χ3v) is 2.70. The van der Waals surface area contributed by atoms with Crippen molar-refractivity contribution in [1.82, 2.24) is 5.32 Å². The smallest absolute Gasteiger partial charge is 0.0176 e. The molecule has 0 unspecified atom stereocenters. The maximum Gasteiger partial charge on any atom is 0.0176 e. The molecule has 1 aromatic rings. The summed E-state index contributed by atoms with van der Waals surface area (Å²) in [5.41, 5.74) is 3.13. The zero-order valence-electron chi connectivity index (χ0n) is 8.50. The van der Waals surface area contributed by atoms with Crippen LogP contribution in [0.1, 0.15) is 24.0 Å². The summed E-state index contributed by atoms with van der Waals surface area (Å²) in [6, 6.07) is 8.74. The minimum absolute atomic E-state index is 1.14. The second kappa shape index (κ2) is 4.85. The van der Waals surface area contributed by atoms with Crippen molar-refractivity contribution in [2.24, 2.45) is 0 Å². The van der Waals surface area contributed by atoms with Gasteiger partial charge < -0.3 is 5.32 Å². The molecule has 1 heterocycles. The topological polar surface area (TPSA) is 12.0 Å². The molecule has 0 atom stereocenters. The zero-order valence-corrected chi connectivity index (χ0v) is 8.50. The first-order chi connectivity index (χ1) is 6.97. The summed E-state index contributed by atoms with van der Waals surface area (Å²) in [6.45, 7) is 1.14. The van der Waals surface area contributed by atoms with E-state index < -0.39 is 0 Å². The van der Waals surface area contributed by atoms with Gasteiger partial charge >= 0.3 is 0 Å². The van der Waals surface area contributed by atoms with E-state index in [9.17, 15) is 0 Å². The molecule has 0 aromatic heterocycles. The number of nitrogens with one attached hydrogen (secondary N) is 1. The van der Waals surface area contributed by atoms with Gasteiger partial charge in [-0.25, -0.2) is 0 Å². The Kier molecular flexibility index (Phi) is 3.23. The van der Waals surface area contributed by atoms with Crippen LogP contribution in [0.5, 0.6) is 0 Å². The monoisotopic (exact) mass is 187 g/mol. The molecule has 0 saturated heterocycles. The van der Waals surface area contributed by atoms with Crippen molar-refractivity contribution in [3.8, 4) is 0 Å². The Hall–Kier alpha value is -1.24. The molecule has 0 saturated carbocycles. The molecule has 1 heteroatoms. The number of aryl methyl sites for hydroxylation is 2. The molecule has 0 bridgehead atoms. The standard InChI is InChI=1S/C9H10.C4H7N/c1-2-5-9-7-3-6-8(9)4-1;1-2-4-5-3-1/h1-2,4-5H,3,6-7H2;1,3,5H,2,4H2. The third-order valence-electron chi connectivity index (χ3n) is 2.70. The summed E-state index contributed by atoms with van der Waals surface area (Å²) in [5.74, 6) is 0. The van der Waals surface area contributed by atoms with Crippen LogP contribution in [-0.2, 0) is 12.8 Å². The van der Waals surface area contributed by atoms with Gasteiger partial charge in [0.25, 0.3) is 0 Å². The number of hydrogen-bond acceptors (Lipinski definition) is 1. The van der Waals surface area contributed by atoms with E-state index in [4.69, 9.17) is 0 Å². The summed E-state index contributed by atoms with van der Waals surface area (Å²) in [5, 5.41) is 3.04. The fraction of sp³-hybridized carbons (Fsp3) is 0.385. The van der Waals surface area contributed by atoms with E-state index in [-0.39, 0.29) is 0 Å². The fourth-order valence-corrected chi connectivity index (χ4v) is 1.93. The van der Waals surface area contributed by atoms with Crippen molar-refractivity contribution in [1.29, 1.82) is 0 Å². The Morgan fingerprint density at radius 2 is 1.71 bits per heavy atom. The van der Waals surface area contributed by atoms with Crippen LogP contribution in [0.25, 0.3) is 0 Å². The quantitative estimate of drug-likeness (QED) is 0.658. The minimum atomic E-state index is 1.14. The Morgan fingerprint density at radius 1 is 1.00 bits per heavy atom. The van der Waals surface area contributed by atoms with E-state index in [2.05, 4.69) is 35.7 Å². The fourth-order valence-electron chi connectivity index (χ4n) is 1.93. The predicted molar refractivity (Wildman–Crippen MR) is 60.2 cm³/mol. The summed E-state index contributed by atoms with van der Waals surface area (Å²) >= 11 is 0. The van der Waals surface area contributed by atoms with E-state index in [1.807, 2.05) is 6.20 Å². The van der Waals surface area contributed by atoms with Crippen molar-refractivity contribution in [2.45, 2.75) is 25.7 Å². The first-order valence-corrected chi connectivity index (χ1v) is 5.42. The van der Waals surface area contributed by atoms with E-state index in [1.165, 1.54) is 25.7 Å². The molecule has 0 spiro atoms. The first kappa shape index (κ1) is 9.32. The van der Waals surface area contributed by atoms with Gasteiger partial charge in [0.05, 0.1) is 0 Å². The first-order valence-electron chi connectivity index (χ1n) is 5.42. The summed E-state index contributed by atoms with van der Waals surface area (Å²) in [6.07, 6.45) is 9.28. The van der Waals surface area contributed by atoms with Gasteiger partial charge in [-0.2, -0.15) is 0 Å². The van der Waals surface area contributed by atoms with Gasteiger partial charge in [0.1, 0.15) is 0 Å². The van der Waals surface area contributed by atoms with Crippen molar-refractivity contribution in [3.05, 3.63) is 47.7 Å². The van der Waals surface area contributed by atoms with Gasteiger partial charge in [0.2, 0.25) is 0 Å². The average Bonchev–Trinajstić information content (AvgIpc) is 2.92. The lowest BCUT2D eigenvalue weighted by Crippen LogP contribution is -1.96. The lowest BCUT2D eigenvalue weighted by atomic mass is 10.1. The van der Waals surface area contributed by atoms with Crippen LogP contribution in [0.4, 0.5) is 0 Å². The van der Waals surface area contributed by atoms with Crippen molar-refractivity contribution >= 4 is 0 Å². The average molecular weight is 187 g/mol. The zero-order chi connectivity index (χ0) is 9.64. The molecule has 1 aromatic carbocycles. The molecular formula is C13H17N. The molecule has 14 heavy (non-hydrogen) atoms. The molecule has 0 fully saturated rings. The third kappa shape index (κ3) is 2.38. The van der Waals surface area contributed by atoms with Gasteiger partial charge in [-0.1, -0.05) is 30.3 Å². The van der Waals surface area contributed by atoms with Gasteiger partial charge in [-0.15, -0.1) is 0 Å². The summed E-state index contributed by atoms with van der Waals surface area (Å²) in [7, 11) is 0. The van der Waals surface area contributed by atoms with Crippen LogP contribution in [-0.4, -0.2) is 6.54 Å². The Balaban J connectivity index is 0.000000128. The highest BCUT2D eigenvalue weighted by molar-refractivity contribution is 5.30. The highest BCUT2D eigenvalue weighted by atomic mass is 14.8. The largest absolute Gasteiger partial charge is 0.391 e. The molecular weight excluding hydrogens is 170 g/mol. The Morgan fingerprint density at radius 3 is 2.14 bits per heavy atom. The number of benzene rings is 1. The minimum Gasteiger partial charge on any atom is -0.391 e. The van der Waals surface area contributed by atoms with Gasteiger partial charge in [-0.3, -0.25) is 0 Å². The number of hydrogen-bond donors (Lipinski definition) is 1. The van der Waals surface area contributed by atoms with Crippen molar-refractivity contribution in [3.63, 3.8) is 0 Å². The Labute approximate surface area is 85.8 Å². The van der Waals surface area contributed by atoms with E-state index in [1.54, 1.807) is 11.1 Å².